The molecule has 0 aromatic heterocycles. The molecule has 0 aromatic carbocycles. The largest absolute Gasteiger partial charge is 0.374 e. The number of ether oxygens (including phenoxy) is 1. The number of aliphatic imine (C=N–C) groups is 1. The molecule has 0 amide bonds. The fourth-order valence-corrected chi connectivity index (χ4v) is 1.77. The van der Waals surface area contributed by atoms with E-state index in [-0.39, 0.29) is 0 Å². The molecule has 14 heavy (non-hydrogen) atoms. The van der Waals surface area contributed by atoms with Crippen molar-refractivity contribution in [1.29, 1.82) is 0 Å². The van der Waals surface area contributed by atoms with Crippen LogP contribution in [-0.2, 0) is 4.74 Å². The third kappa shape index (κ3) is 2.36. The molecule has 2 heterocycles. The number of rotatable bonds is 2. The Hall–Kier alpha value is -0.810. The Bertz CT molecular complexity index is 213. The van der Waals surface area contributed by atoms with Gasteiger partial charge in [0, 0.05) is 33.2 Å². The molecule has 0 aromatic rings. The molecule has 5 nitrogen and oxygen atoms in total. The van der Waals surface area contributed by atoms with Gasteiger partial charge < -0.3 is 20.3 Å². The Labute approximate surface area is 84.5 Å². The third-order valence-electron chi connectivity index (χ3n) is 2.50. The molecule has 2 rings (SSSR count). The Morgan fingerprint density at radius 2 is 2.50 bits per heavy atom. The summed E-state index contributed by atoms with van der Waals surface area (Å²) in [6.45, 7) is 5.49. The minimum absolute atomic E-state index is 0.291. The van der Waals surface area contributed by atoms with E-state index in [1.165, 1.54) is 0 Å². The topological polar surface area (TPSA) is 48.9 Å². The Morgan fingerprint density at radius 3 is 3.14 bits per heavy atom. The summed E-state index contributed by atoms with van der Waals surface area (Å²) in [7, 11) is 2.05. The van der Waals surface area contributed by atoms with E-state index >= 15 is 0 Å². The van der Waals surface area contributed by atoms with Gasteiger partial charge in [-0.05, 0) is 0 Å². The Kier molecular flexibility index (Phi) is 3.21. The number of nitrogens with zero attached hydrogens (tertiary/aromatic N) is 2. The van der Waals surface area contributed by atoms with Crippen molar-refractivity contribution >= 4 is 5.96 Å². The first-order chi connectivity index (χ1) is 6.86. The van der Waals surface area contributed by atoms with Gasteiger partial charge in [-0.2, -0.15) is 0 Å². The fraction of sp³-hybridized carbons (Fsp3) is 0.889. The van der Waals surface area contributed by atoms with Crippen molar-refractivity contribution < 1.29 is 4.74 Å². The number of hydrogen-bond acceptors (Lipinski definition) is 5. The second kappa shape index (κ2) is 4.61. The van der Waals surface area contributed by atoms with Gasteiger partial charge in [0.1, 0.15) is 0 Å². The molecule has 0 radical (unpaired) electrons. The van der Waals surface area contributed by atoms with Crippen molar-refractivity contribution in [2.45, 2.75) is 6.10 Å². The molecular formula is C9H18N4O. The number of guanidine groups is 1. The highest BCUT2D eigenvalue weighted by atomic mass is 16.5. The zero-order valence-corrected chi connectivity index (χ0v) is 8.62. The van der Waals surface area contributed by atoms with Crippen LogP contribution in [0.25, 0.3) is 0 Å². The third-order valence-corrected chi connectivity index (χ3v) is 2.50. The SMILES string of the molecule is CN(CC1CNCCO1)C1=NCCN1. The van der Waals surface area contributed by atoms with E-state index in [1.54, 1.807) is 0 Å². The van der Waals surface area contributed by atoms with E-state index in [9.17, 15) is 0 Å². The van der Waals surface area contributed by atoms with Crippen molar-refractivity contribution in [3.05, 3.63) is 0 Å². The minimum Gasteiger partial charge on any atom is -0.374 e. The predicted octanol–water partition coefficient (Wildman–Crippen LogP) is -1.13. The van der Waals surface area contributed by atoms with Crippen LogP contribution in [0.2, 0.25) is 0 Å². The summed E-state index contributed by atoms with van der Waals surface area (Å²) in [6, 6.07) is 0. The molecule has 0 saturated carbocycles. The van der Waals surface area contributed by atoms with Gasteiger partial charge in [-0.3, -0.25) is 4.99 Å². The molecule has 1 atom stereocenters. The molecule has 0 spiro atoms. The average Bonchev–Trinajstić information content (AvgIpc) is 2.72. The summed E-state index contributed by atoms with van der Waals surface area (Å²) >= 11 is 0. The van der Waals surface area contributed by atoms with Crippen LogP contribution in [0, 0.1) is 0 Å². The fourth-order valence-electron chi connectivity index (χ4n) is 1.77. The van der Waals surface area contributed by atoms with Crippen molar-refractivity contribution in [3.63, 3.8) is 0 Å². The summed E-state index contributed by atoms with van der Waals surface area (Å²) in [5.41, 5.74) is 0. The molecule has 1 saturated heterocycles. The zero-order chi connectivity index (χ0) is 9.80. The first-order valence-corrected chi connectivity index (χ1v) is 5.18. The van der Waals surface area contributed by atoms with E-state index in [0.717, 1.165) is 45.3 Å². The standard InChI is InChI=1S/C9H18N4O/c1-13(9-11-2-3-12-9)7-8-6-10-4-5-14-8/h8,10H,2-7H2,1H3,(H,11,12). The smallest absolute Gasteiger partial charge is 0.193 e. The van der Waals surface area contributed by atoms with E-state index in [1.807, 2.05) is 0 Å². The van der Waals surface area contributed by atoms with Crippen molar-refractivity contribution in [3.8, 4) is 0 Å². The van der Waals surface area contributed by atoms with Gasteiger partial charge >= 0.3 is 0 Å². The van der Waals surface area contributed by atoms with Gasteiger partial charge in [-0.15, -0.1) is 0 Å². The van der Waals surface area contributed by atoms with Gasteiger partial charge in [0.15, 0.2) is 5.96 Å². The summed E-state index contributed by atoms with van der Waals surface area (Å²) in [5, 5.41) is 6.56. The molecular weight excluding hydrogens is 180 g/mol. The first kappa shape index (κ1) is 9.73. The molecule has 0 bridgehead atoms. The van der Waals surface area contributed by atoms with Gasteiger partial charge in [0.05, 0.1) is 19.3 Å². The molecule has 2 aliphatic rings. The van der Waals surface area contributed by atoms with Crippen LogP contribution in [0.4, 0.5) is 0 Å². The lowest BCUT2D eigenvalue weighted by molar-refractivity contribution is 0.0188. The summed E-state index contributed by atoms with van der Waals surface area (Å²) < 4.78 is 5.62. The highest BCUT2D eigenvalue weighted by molar-refractivity contribution is 5.81. The first-order valence-electron chi connectivity index (χ1n) is 5.18. The molecule has 0 aliphatic carbocycles. The number of morpholine rings is 1. The molecule has 2 aliphatic heterocycles. The predicted molar refractivity (Wildman–Crippen MR) is 55.5 cm³/mol. The van der Waals surface area contributed by atoms with Crippen molar-refractivity contribution in [2.75, 3.05) is 46.4 Å². The lowest BCUT2D eigenvalue weighted by Gasteiger charge is -2.28. The minimum atomic E-state index is 0.291. The summed E-state index contributed by atoms with van der Waals surface area (Å²) in [4.78, 5) is 6.49. The van der Waals surface area contributed by atoms with Gasteiger partial charge in [-0.25, -0.2) is 0 Å². The maximum absolute atomic E-state index is 5.62. The van der Waals surface area contributed by atoms with Crippen molar-refractivity contribution in [1.82, 2.24) is 15.5 Å². The van der Waals surface area contributed by atoms with Crippen LogP contribution in [0.5, 0.6) is 0 Å². The van der Waals surface area contributed by atoms with Crippen LogP contribution in [0.15, 0.2) is 4.99 Å². The highest BCUT2D eigenvalue weighted by Crippen LogP contribution is 2.00. The van der Waals surface area contributed by atoms with E-state index in [4.69, 9.17) is 4.74 Å². The number of hydrogen-bond donors (Lipinski definition) is 2. The Morgan fingerprint density at radius 1 is 1.57 bits per heavy atom. The lowest BCUT2D eigenvalue weighted by Crippen LogP contribution is -2.47. The van der Waals surface area contributed by atoms with Gasteiger partial charge in [0.25, 0.3) is 0 Å². The maximum Gasteiger partial charge on any atom is 0.193 e. The Balaban J connectivity index is 1.77. The van der Waals surface area contributed by atoms with Crippen molar-refractivity contribution in [2.24, 2.45) is 4.99 Å². The monoisotopic (exact) mass is 198 g/mol. The van der Waals surface area contributed by atoms with Crippen LogP contribution in [0.3, 0.4) is 0 Å². The van der Waals surface area contributed by atoms with Gasteiger partial charge in [0.2, 0.25) is 0 Å². The van der Waals surface area contributed by atoms with E-state index in [0.29, 0.717) is 6.10 Å². The van der Waals surface area contributed by atoms with Crippen LogP contribution < -0.4 is 10.6 Å². The average molecular weight is 198 g/mol. The number of nitrogens with one attached hydrogen (secondary N) is 2. The zero-order valence-electron chi connectivity index (χ0n) is 8.62. The van der Waals surface area contributed by atoms with E-state index in [2.05, 4.69) is 27.6 Å². The van der Waals surface area contributed by atoms with Gasteiger partial charge in [-0.1, -0.05) is 0 Å². The summed E-state index contributed by atoms with van der Waals surface area (Å²) in [5.74, 6) is 0.999. The second-order valence-corrected chi connectivity index (χ2v) is 3.71. The second-order valence-electron chi connectivity index (χ2n) is 3.71. The lowest BCUT2D eigenvalue weighted by atomic mass is 10.3. The number of likely N-dealkylation sites (N-methyl/N-ethyl adjacent to an activating group) is 1. The maximum atomic E-state index is 5.62. The molecule has 1 fully saturated rings. The molecule has 80 valence electrons. The van der Waals surface area contributed by atoms with Crippen LogP contribution in [0.1, 0.15) is 0 Å². The van der Waals surface area contributed by atoms with Crippen LogP contribution in [-0.4, -0.2) is 63.3 Å². The quantitative estimate of drug-likeness (QED) is 0.589. The molecule has 5 heteroatoms. The summed E-state index contributed by atoms with van der Waals surface area (Å²) in [6.07, 6.45) is 0.291. The molecule has 2 N–H and O–H groups in total. The normalized spacial score (nSPS) is 26.9. The molecule has 1 unspecified atom stereocenters. The van der Waals surface area contributed by atoms with E-state index < -0.39 is 0 Å². The highest BCUT2D eigenvalue weighted by Gasteiger charge is 2.18. The van der Waals surface area contributed by atoms with Crippen LogP contribution >= 0.6 is 0 Å².